The first-order chi connectivity index (χ1) is 17.9. The number of ether oxygens (including phenoxy) is 1. The number of aromatic nitrogens is 4. The molecule has 0 bridgehead atoms. The number of benzene rings is 1. The minimum atomic E-state index is -0.535. The summed E-state index contributed by atoms with van der Waals surface area (Å²) in [6.45, 7) is 4.84. The van der Waals surface area contributed by atoms with Gasteiger partial charge in [0.15, 0.2) is 11.6 Å². The number of amides is 1. The number of rotatable bonds is 5. The van der Waals surface area contributed by atoms with E-state index >= 15 is 4.39 Å². The van der Waals surface area contributed by atoms with E-state index in [2.05, 4.69) is 20.4 Å². The third-order valence-electron chi connectivity index (χ3n) is 7.12. The number of nitrogens with one attached hydrogen (secondary N) is 1. The molecule has 5 heterocycles. The van der Waals surface area contributed by atoms with Crippen molar-refractivity contribution in [3.8, 4) is 11.1 Å². The second kappa shape index (κ2) is 9.00. The second-order valence-electron chi connectivity index (χ2n) is 9.64. The number of hydrogen-bond donors (Lipinski definition) is 3. The number of fused-ring (bicyclic) bond motifs is 2. The van der Waals surface area contributed by atoms with Gasteiger partial charge in [0.2, 0.25) is 5.91 Å². The smallest absolute Gasteiger partial charge is 0.244 e. The Balaban J connectivity index is 1.26. The van der Waals surface area contributed by atoms with Crippen molar-refractivity contribution >= 4 is 39.7 Å². The first-order valence-electron chi connectivity index (χ1n) is 12.1. The van der Waals surface area contributed by atoms with E-state index < -0.39 is 5.82 Å². The van der Waals surface area contributed by atoms with Crippen LogP contribution in [0.15, 0.2) is 36.8 Å². The van der Waals surface area contributed by atoms with E-state index in [1.165, 1.54) is 12.4 Å². The van der Waals surface area contributed by atoms with Crippen LogP contribution in [-0.2, 0) is 22.5 Å². The predicted molar refractivity (Wildman–Crippen MR) is 139 cm³/mol. The average molecular weight is 503 g/mol. The summed E-state index contributed by atoms with van der Waals surface area (Å²) in [5.41, 5.74) is 15.2. The molecule has 0 spiro atoms. The van der Waals surface area contributed by atoms with Gasteiger partial charge in [-0.25, -0.2) is 9.37 Å². The fourth-order valence-electron chi connectivity index (χ4n) is 4.86. The molecule has 1 aromatic carbocycles. The number of pyridine rings is 2. The number of carbonyl (C=O) groups excluding carboxylic acids is 1. The minimum absolute atomic E-state index is 0.0126. The van der Waals surface area contributed by atoms with E-state index in [0.29, 0.717) is 58.1 Å². The van der Waals surface area contributed by atoms with Crippen LogP contribution in [0.4, 0.5) is 27.4 Å². The molecule has 2 aliphatic heterocycles. The van der Waals surface area contributed by atoms with Gasteiger partial charge in [0.1, 0.15) is 12.4 Å². The Morgan fingerprint density at radius 1 is 1.14 bits per heavy atom. The number of halogens is 1. The molecular formula is C26H27FN8O2. The molecule has 0 atom stereocenters. The monoisotopic (exact) mass is 502 g/mol. The van der Waals surface area contributed by atoms with Crippen molar-refractivity contribution in [3.63, 3.8) is 0 Å². The van der Waals surface area contributed by atoms with E-state index in [4.69, 9.17) is 16.2 Å². The third-order valence-corrected chi connectivity index (χ3v) is 7.12. The maximum Gasteiger partial charge on any atom is 0.244 e. The summed E-state index contributed by atoms with van der Waals surface area (Å²) >= 11 is 0. The summed E-state index contributed by atoms with van der Waals surface area (Å²) < 4.78 is 22.2. The molecule has 3 aromatic heterocycles. The van der Waals surface area contributed by atoms with Gasteiger partial charge >= 0.3 is 0 Å². The Morgan fingerprint density at radius 2 is 1.97 bits per heavy atom. The molecule has 1 amide bonds. The van der Waals surface area contributed by atoms with Crippen LogP contribution >= 0.6 is 0 Å². The Bertz CT molecular complexity index is 1530. The molecule has 0 aliphatic carbocycles. The van der Waals surface area contributed by atoms with Crippen LogP contribution in [0.3, 0.4) is 0 Å². The lowest BCUT2D eigenvalue weighted by Crippen LogP contribution is -2.43. The number of hydrogen-bond acceptors (Lipinski definition) is 8. The van der Waals surface area contributed by atoms with Crippen LogP contribution in [0.5, 0.6) is 0 Å². The van der Waals surface area contributed by atoms with Crippen molar-refractivity contribution in [1.29, 1.82) is 0 Å². The quantitative estimate of drug-likeness (QED) is 0.354. The van der Waals surface area contributed by atoms with Gasteiger partial charge in [0, 0.05) is 66.1 Å². The molecule has 11 heteroatoms. The van der Waals surface area contributed by atoms with E-state index in [1.54, 1.807) is 23.0 Å². The highest BCUT2D eigenvalue weighted by Crippen LogP contribution is 2.36. The lowest BCUT2D eigenvalue weighted by Gasteiger charge is -2.31. The van der Waals surface area contributed by atoms with Gasteiger partial charge in [-0.2, -0.15) is 5.10 Å². The van der Waals surface area contributed by atoms with E-state index in [1.807, 2.05) is 17.9 Å². The first kappa shape index (κ1) is 23.2. The number of nitrogens with zero attached hydrogens (tertiary/aromatic N) is 5. The van der Waals surface area contributed by atoms with Crippen LogP contribution in [0.2, 0.25) is 0 Å². The Labute approximate surface area is 212 Å². The van der Waals surface area contributed by atoms with Crippen molar-refractivity contribution in [3.05, 3.63) is 53.9 Å². The maximum atomic E-state index is 15.2. The zero-order valence-electron chi connectivity index (χ0n) is 20.4. The fourth-order valence-corrected chi connectivity index (χ4v) is 4.86. The second-order valence-corrected chi connectivity index (χ2v) is 9.64. The molecule has 0 radical (unpaired) electrons. The predicted octanol–water partition coefficient (Wildman–Crippen LogP) is 2.88. The lowest BCUT2D eigenvalue weighted by atomic mass is 9.97. The molecule has 10 nitrogen and oxygen atoms in total. The highest BCUT2D eigenvalue weighted by atomic mass is 19.1. The molecule has 190 valence electrons. The standard InChI is InChI=1S/C26H27FN8O2/c1-14-19(7-30-9-21(14)28)18-4-16-5-22(31-8-20(16)26(29)25(18)27)32-23-6-17-2-3-34(10-15-12-37-13-15)24(36)11-35(17)33-23/h4-9,15H,2-3,10-13,28-29H2,1H3,(H,31,32,33). The molecule has 37 heavy (non-hydrogen) atoms. The largest absolute Gasteiger partial charge is 0.397 e. The van der Waals surface area contributed by atoms with Gasteiger partial charge in [-0.1, -0.05) is 0 Å². The molecule has 2 aliphatic rings. The van der Waals surface area contributed by atoms with Gasteiger partial charge < -0.3 is 26.4 Å². The SMILES string of the molecule is Cc1c(N)cncc1-c1cc2cc(Nc3cc4n(n3)CC(=O)N(CC3COC3)CC4)ncc2c(N)c1F. The van der Waals surface area contributed by atoms with Gasteiger partial charge in [0.25, 0.3) is 0 Å². The van der Waals surface area contributed by atoms with Gasteiger partial charge in [-0.15, -0.1) is 0 Å². The zero-order valence-corrected chi connectivity index (χ0v) is 20.4. The summed E-state index contributed by atoms with van der Waals surface area (Å²) in [6, 6.07) is 5.45. The average Bonchev–Trinajstić information content (AvgIpc) is 3.15. The molecule has 0 unspecified atom stereocenters. The highest BCUT2D eigenvalue weighted by molar-refractivity contribution is 5.98. The minimum Gasteiger partial charge on any atom is -0.397 e. The van der Waals surface area contributed by atoms with Crippen molar-refractivity contribution < 1.29 is 13.9 Å². The molecule has 1 fully saturated rings. The number of nitrogens with two attached hydrogens (primary N) is 2. The summed E-state index contributed by atoms with van der Waals surface area (Å²) in [5.74, 6) is 1.06. The summed E-state index contributed by atoms with van der Waals surface area (Å²) in [4.78, 5) is 23.2. The maximum absolute atomic E-state index is 15.2. The van der Waals surface area contributed by atoms with E-state index in [-0.39, 0.29) is 18.1 Å². The van der Waals surface area contributed by atoms with Crippen molar-refractivity contribution in [2.24, 2.45) is 5.92 Å². The molecule has 5 N–H and O–H groups in total. The van der Waals surface area contributed by atoms with Crippen molar-refractivity contribution in [2.75, 3.05) is 43.1 Å². The summed E-state index contributed by atoms with van der Waals surface area (Å²) in [5, 5.41) is 9.01. The third kappa shape index (κ3) is 4.20. The zero-order chi connectivity index (χ0) is 25.7. The molecule has 6 rings (SSSR count). The number of anilines is 4. The molecule has 0 saturated carbocycles. The van der Waals surface area contributed by atoms with Gasteiger partial charge in [-0.3, -0.25) is 14.5 Å². The summed E-state index contributed by atoms with van der Waals surface area (Å²) in [7, 11) is 0. The summed E-state index contributed by atoms with van der Waals surface area (Å²) in [6.07, 6.45) is 5.37. The Kier molecular flexibility index (Phi) is 5.64. The Hall–Kier alpha value is -4.25. The van der Waals surface area contributed by atoms with Crippen LogP contribution in [0.1, 0.15) is 11.3 Å². The molecule has 1 saturated heterocycles. The molecule has 4 aromatic rings. The van der Waals surface area contributed by atoms with Crippen molar-refractivity contribution in [1.82, 2.24) is 24.6 Å². The highest BCUT2D eigenvalue weighted by Gasteiger charge is 2.27. The number of nitrogen functional groups attached to an aromatic ring is 2. The van der Waals surface area contributed by atoms with E-state index in [0.717, 1.165) is 31.0 Å². The van der Waals surface area contributed by atoms with Crippen LogP contribution in [0.25, 0.3) is 21.9 Å². The van der Waals surface area contributed by atoms with Gasteiger partial charge in [-0.05, 0) is 30.0 Å². The molecular weight excluding hydrogens is 475 g/mol. The Morgan fingerprint density at radius 3 is 2.76 bits per heavy atom. The van der Waals surface area contributed by atoms with Crippen LogP contribution in [0, 0.1) is 18.7 Å². The van der Waals surface area contributed by atoms with E-state index in [9.17, 15) is 4.79 Å². The fraction of sp³-hybridized carbons (Fsp3) is 0.308. The topological polar surface area (TPSA) is 137 Å². The lowest BCUT2D eigenvalue weighted by molar-refractivity contribution is -0.135. The van der Waals surface area contributed by atoms with Gasteiger partial charge in [0.05, 0.1) is 30.8 Å². The van der Waals surface area contributed by atoms with Crippen molar-refractivity contribution in [2.45, 2.75) is 19.9 Å². The van der Waals surface area contributed by atoms with Crippen LogP contribution in [-0.4, -0.2) is 56.9 Å². The normalized spacial score (nSPS) is 15.9. The first-order valence-corrected chi connectivity index (χ1v) is 12.1. The number of carbonyl (C=O) groups is 1. The van der Waals surface area contributed by atoms with Crippen LogP contribution < -0.4 is 16.8 Å².